The van der Waals surface area contributed by atoms with Crippen LogP contribution in [0.1, 0.15) is 113 Å². The van der Waals surface area contributed by atoms with Crippen LogP contribution in [-0.4, -0.2) is 17.5 Å². The van der Waals surface area contributed by atoms with Crippen LogP contribution in [0.15, 0.2) is 23.3 Å². The third kappa shape index (κ3) is 3.11. The molecule has 0 unspecified atom stereocenters. The molecule has 2 heteroatoms. The van der Waals surface area contributed by atoms with Crippen molar-refractivity contribution in [2.75, 3.05) is 0 Å². The fraction of sp³-hybridized carbons (Fsp3) is 0.839. The van der Waals surface area contributed by atoms with Crippen LogP contribution in [0, 0.1) is 39.4 Å². The molecule has 0 aromatic rings. The molecule has 33 heavy (non-hydrogen) atoms. The van der Waals surface area contributed by atoms with Gasteiger partial charge in [0.1, 0.15) is 5.78 Å². The molecular formula is C31H48O2. The second-order valence-electron chi connectivity index (χ2n) is 14.0. The van der Waals surface area contributed by atoms with Crippen molar-refractivity contribution < 1.29 is 9.53 Å². The second-order valence-corrected chi connectivity index (χ2v) is 14.0. The summed E-state index contributed by atoms with van der Waals surface area (Å²) in [5.74, 6) is 2.44. The van der Waals surface area contributed by atoms with E-state index in [1.165, 1.54) is 32.1 Å². The van der Waals surface area contributed by atoms with Crippen molar-refractivity contribution in [3.8, 4) is 0 Å². The minimum atomic E-state index is -0.206. The zero-order valence-electron chi connectivity index (χ0n) is 22.6. The molecule has 184 valence electrons. The normalized spacial score (nSPS) is 48.8. The Morgan fingerprint density at radius 3 is 2.45 bits per heavy atom. The molecule has 0 radical (unpaired) electrons. The van der Waals surface area contributed by atoms with Crippen LogP contribution in [0.4, 0.5) is 0 Å². The molecular weight excluding hydrogens is 404 g/mol. The van der Waals surface area contributed by atoms with Crippen molar-refractivity contribution in [1.29, 1.82) is 0 Å². The first-order valence-corrected chi connectivity index (χ1v) is 14.0. The van der Waals surface area contributed by atoms with Gasteiger partial charge < -0.3 is 4.74 Å². The summed E-state index contributed by atoms with van der Waals surface area (Å²) < 4.78 is 6.03. The summed E-state index contributed by atoms with van der Waals surface area (Å²) in [5, 5.41) is 0. The number of allylic oxidation sites excluding steroid dienone is 4. The van der Waals surface area contributed by atoms with Crippen LogP contribution in [0.2, 0.25) is 0 Å². The van der Waals surface area contributed by atoms with Gasteiger partial charge in [0.25, 0.3) is 0 Å². The zero-order chi connectivity index (χ0) is 24.0. The number of carbonyl (C=O) groups is 1. The molecule has 0 bridgehead atoms. The van der Waals surface area contributed by atoms with Gasteiger partial charge in [0.15, 0.2) is 0 Å². The summed E-state index contributed by atoms with van der Waals surface area (Å²) in [6, 6.07) is 0. The third-order valence-electron chi connectivity index (χ3n) is 12.4. The standard InChI is InChI=1S/C31H48O2/c1-9-31(8)26(33-31)13-10-20(2)21-14-18-30(7)23-11-12-24-27(3,4)25(32)16-17-28(24,5)22(23)15-19-29(21,30)6/h11,15,20-21,24,26H,9-10,12-14,16-19H2,1-8H3/t20-,21-,24+,26-,28-,29-,30+,31+/m1/s1. The molecule has 1 heterocycles. The molecule has 5 rings (SSSR count). The Kier molecular flexibility index (Phi) is 5.28. The van der Waals surface area contributed by atoms with Gasteiger partial charge in [-0.05, 0) is 103 Å². The molecule has 5 aliphatic rings. The summed E-state index contributed by atoms with van der Waals surface area (Å²) in [5.41, 5.74) is 4.00. The average Bonchev–Trinajstić information content (AvgIpc) is 3.33. The van der Waals surface area contributed by atoms with Crippen molar-refractivity contribution in [1.82, 2.24) is 0 Å². The van der Waals surface area contributed by atoms with Gasteiger partial charge in [0.2, 0.25) is 0 Å². The van der Waals surface area contributed by atoms with E-state index in [4.69, 9.17) is 4.74 Å². The highest BCUT2D eigenvalue weighted by atomic mass is 16.6. The predicted molar refractivity (Wildman–Crippen MR) is 136 cm³/mol. The van der Waals surface area contributed by atoms with E-state index in [0.717, 1.165) is 37.5 Å². The molecule has 0 aromatic carbocycles. The van der Waals surface area contributed by atoms with E-state index >= 15 is 0 Å². The molecule has 1 aliphatic heterocycles. The Balaban J connectivity index is 1.40. The number of ketones is 1. The highest BCUT2D eigenvalue weighted by Gasteiger charge is 2.63. The minimum absolute atomic E-state index is 0.156. The van der Waals surface area contributed by atoms with Gasteiger partial charge in [-0.15, -0.1) is 0 Å². The Hall–Kier alpha value is -0.890. The molecule has 0 spiro atoms. The van der Waals surface area contributed by atoms with Crippen molar-refractivity contribution >= 4 is 5.78 Å². The van der Waals surface area contributed by atoms with E-state index in [1.54, 1.807) is 11.1 Å². The number of fused-ring (bicyclic) bond motifs is 5. The average molecular weight is 453 g/mol. The van der Waals surface area contributed by atoms with Gasteiger partial charge in [0, 0.05) is 11.8 Å². The number of hydrogen-bond acceptors (Lipinski definition) is 2. The maximum Gasteiger partial charge on any atom is 0.138 e. The fourth-order valence-electron chi connectivity index (χ4n) is 9.34. The van der Waals surface area contributed by atoms with Crippen LogP contribution in [0.25, 0.3) is 0 Å². The molecule has 4 aliphatic carbocycles. The largest absolute Gasteiger partial charge is 0.366 e. The highest BCUT2D eigenvalue weighted by molar-refractivity contribution is 5.86. The Morgan fingerprint density at radius 1 is 1.06 bits per heavy atom. The van der Waals surface area contributed by atoms with Crippen LogP contribution in [-0.2, 0) is 9.53 Å². The van der Waals surface area contributed by atoms with Gasteiger partial charge in [-0.3, -0.25) is 4.79 Å². The van der Waals surface area contributed by atoms with Crippen molar-refractivity contribution in [2.45, 2.75) is 125 Å². The maximum atomic E-state index is 12.8. The smallest absolute Gasteiger partial charge is 0.138 e. The lowest BCUT2D eigenvalue weighted by Gasteiger charge is -2.59. The molecule has 3 fully saturated rings. The Morgan fingerprint density at radius 2 is 1.79 bits per heavy atom. The number of rotatable bonds is 5. The number of ether oxygens (including phenoxy) is 1. The topological polar surface area (TPSA) is 29.6 Å². The first-order valence-electron chi connectivity index (χ1n) is 14.0. The summed E-state index contributed by atoms with van der Waals surface area (Å²) in [6.45, 7) is 19.2. The highest BCUT2D eigenvalue weighted by Crippen LogP contribution is 2.71. The van der Waals surface area contributed by atoms with Gasteiger partial charge in [-0.25, -0.2) is 0 Å². The van der Waals surface area contributed by atoms with E-state index < -0.39 is 0 Å². The van der Waals surface area contributed by atoms with Gasteiger partial charge in [-0.2, -0.15) is 0 Å². The number of Topliss-reactive ketones (excluding diaryl/α,β-unsaturated/α-hetero) is 1. The monoisotopic (exact) mass is 452 g/mol. The minimum Gasteiger partial charge on any atom is -0.366 e. The van der Waals surface area contributed by atoms with Gasteiger partial charge in [-0.1, -0.05) is 60.6 Å². The van der Waals surface area contributed by atoms with Crippen LogP contribution in [0.3, 0.4) is 0 Å². The molecule has 2 nitrogen and oxygen atoms in total. The molecule has 0 N–H and O–H groups in total. The first kappa shape index (κ1) is 23.8. The quantitative estimate of drug-likeness (QED) is 0.395. The van der Waals surface area contributed by atoms with E-state index in [2.05, 4.69) is 67.5 Å². The zero-order valence-corrected chi connectivity index (χ0v) is 22.6. The van der Waals surface area contributed by atoms with Crippen molar-refractivity contribution in [3.63, 3.8) is 0 Å². The lowest BCUT2D eigenvalue weighted by molar-refractivity contribution is -0.138. The summed E-state index contributed by atoms with van der Waals surface area (Å²) in [6.07, 6.45) is 16.1. The maximum absolute atomic E-state index is 12.8. The van der Waals surface area contributed by atoms with Crippen molar-refractivity contribution in [2.24, 2.45) is 39.4 Å². The van der Waals surface area contributed by atoms with Crippen LogP contribution < -0.4 is 0 Å². The Bertz CT molecular complexity index is 910. The lowest BCUT2D eigenvalue weighted by Crippen LogP contribution is -2.53. The van der Waals surface area contributed by atoms with Crippen LogP contribution >= 0.6 is 0 Å². The first-order chi connectivity index (χ1) is 15.3. The van der Waals surface area contributed by atoms with Gasteiger partial charge in [0.05, 0.1) is 11.7 Å². The SMILES string of the molecule is CC[C@]1(C)O[C@@H]1CC[C@@H](C)[C@H]1CC[C@@]2(C)C3=CC[C@H]4C(C)(C)C(=O)CC[C@]4(C)C3=CC[C@]12C. The van der Waals surface area contributed by atoms with E-state index in [9.17, 15) is 4.79 Å². The summed E-state index contributed by atoms with van der Waals surface area (Å²) >= 11 is 0. The van der Waals surface area contributed by atoms with Crippen molar-refractivity contribution in [3.05, 3.63) is 23.3 Å². The fourth-order valence-corrected chi connectivity index (χ4v) is 9.34. The van der Waals surface area contributed by atoms with E-state index in [0.29, 0.717) is 23.2 Å². The number of carbonyl (C=O) groups excluding carboxylic acids is 1. The lowest BCUT2D eigenvalue weighted by atomic mass is 9.44. The number of hydrogen-bond donors (Lipinski definition) is 0. The molecule has 0 amide bonds. The summed E-state index contributed by atoms with van der Waals surface area (Å²) in [7, 11) is 0. The van der Waals surface area contributed by atoms with Gasteiger partial charge >= 0.3 is 0 Å². The summed E-state index contributed by atoms with van der Waals surface area (Å²) in [4.78, 5) is 12.8. The predicted octanol–water partition coefficient (Wildman–Crippen LogP) is 8.06. The third-order valence-corrected chi connectivity index (χ3v) is 12.4. The van der Waals surface area contributed by atoms with Crippen LogP contribution in [0.5, 0.6) is 0 Å². The Labute approximate surface area is 203 Å². The molecule has 2 saturated carbocycles. The number of epoxide rings is 1. The second kappa shape index (κ2) is 7.31. The molecule has 1 saturated heterocycles. The van der Waals surface area contributed by atoms with E-state index in [-0.39, 0.29) is 21.8 Å². The van der Waals surface area contributed by atoms with E-state index in [1.807, 2.05) is 0 Å². The molecule has 0 aromatic heterocycles. The molecule has 8 atom stereocenters.